The summed E-state index contributed by atoms with van der Waals surface area (Å²) < 4.78 is 5.46. The Balaban J connectivity index is 1.97. The van der Waals surface area contributed by atoms with Crippen molar-refractivity contribution >= 4 is 5.97 Å². The molecule has 31 heavy (non-hydrogen) atoms. The van der Waals surface area contributed by atoms with Gasteiger partial charge in [0.25, 0.3) is 0 Å². The minimum absolute atomic E-state index is 0.0148. The number of carbonyl (C=O) groups excluding carboxylic acids is 1. The van der Waals surface area contributed by atoms with E-state index < -0.39 is 0 Å². The summed E-state index contributed by atoms with van der Waals surface area (Å²) in [6, 6.07) is 0. The normalized spacial score (nSPS) is 16.9. The monoisotopic (exact) mass is 440 g/mol. The van der Waals surface area contributed by atoms with Gasteiger partial charge in [0.15, 0.2) is 0 Å². The summed E-state index contributed by atoms with van der Waals surface area (Å²) in [6.07, 6.45) is 21.7. The second-order valence-corrected chi connectivity index (χ2v) is 10.0. The van der Waals surface area contributed by atoms with Gasteiger partial charge in [-0.1, -0.05) is 77.6 Å². The topological polar surface area (TPSA) is 66.8 Å². The van der Waals surface area contributed by atoms with E-state index in [1.807, 2.05) is 0 Å². The number of aliphatic hydroxyl groups excluding tert-OH is 2. The Morgan fingerprint density at radius 3 is 1.90 bits per heavy atom. The molecule has 0 aromatic rings. The summed E-state index contributed by atoms with van der Waals surface area (Å²) in [5, 5.41) is 19.3. The first kappa shape index (κ1) is 28.4. The number of rotatable bonds is 20. The Morgan fingerprint density at radius 1 is 0.774 bits per heavy atom. The van der Waals surface area contributed by atoms with Crippen molar-refractivity contribution < 1.29 is 19.7 Å². The highest BCUT2D eigenvalue weighted by Gasteiger charge is 2.15. The summed E-state index contributed by atoms with van der Waals surface area (Å²) in [4.78, 5) is 11.9. The largest absolute Gasteiger partial charge is 0.465 e. The average molecular weight is 441 g/mol. The maximum Gasteiger partial charge on any atom is 0.305 e. The van der Waals surface area contributed by atoms with Crippen LogP contribution in [0.15, 0.2) is 0 Å². The zero-order valence-corrected chi connectivity index (χ0v) is 20.5. The number of carbonyl (C=O) groups is 1. The molecule has 2 atom stereocenters. The number of unbranched alkanes of at least 4 members (excludes halogenated alkanes) is 7. The minimum atomic E-state index is -0.0148. The molecule has 0 bridgehead atoms. The second kappa shape index (κ2) is 20.0. The molecule has 0 aliphatic heterocycles. The molecule has 2 N–H and O–H groups in total. The quantitative estimate of drug-likeness (QED) is 0.161. The third-order valence-corrected chi connectivity index (χ3v) is 7.16. The highest BCUT2D eigenvalue weighted by atomic mass is 16.5. The zero-order valence-electron chi connectivity index (χ0n) is 20.5. The van der Waals surface area contributed by atoms with E-state index >= 15 is 0 Å². The fraction of sp³-hybridized carbons (Fsp3) is 0.963. The highest BCUT2D eigenvalue weighted by molar-refractivity contribution is 5.69. The summed E-state index contributed by atoms with van der Waals surface area (Å²) in [5.41, 5.74) is 0. The van der Waals surface area contributed by atoms with Gasteiger partial charge in [-0.3, -0.25) is 4.79 Å². The third-order valence-electron chi connectivity index (χ3n) is 7.16. The number of esters is 1. The highest BCUT2D eigenvalue weighted by Crippen LogP contribution is 2.24. The van der Waals surface area contributed by atoms with E-state index in [2.05, 4.69) is 6.92 Å². The summed E-state index contributed by atoms with van der Waals surface area (Å²) in [5.74, 6) is 1.37. The van der Waals surface area contributed by atoms with Crippen LogP contribution in [0.4, 0.5) is 0 Å². The lowest BCUT2D eigenvalue weighted by Crippen LogP contribution is -2.16. The molecule has 1 aliphatic rings. The van der Waals surface area contributed by atoms with Gasteiger partial charge in [-0.2, -0.15) is 0 Å². The average Bonchev–Trinajstić information content (AvgIpc) is 2.80. The number of hydrogen-bond donors (Lipinski definition) is 2. The molecule has 4 nitrogen and oxygen atoms in total. The second-order valence-electron chi connectivity index (χ2n) is 10.0. The Labute approximate surface area is 192 Å². The first-order valence-corrected chi connectivity index (χ1v) is 13.6. The zero-order chi connectivity index (χ0) is 22.6. The fourth-order valence-corrected chi connectivity index (χ4v) is 4.85. The van der Waals surface area contributed by atoms with Crippen LogP contribution < -0.4 is 0 Å². The van der Waals surface area contributed by atoms with Crippen LogP contribution in [0.5, 0.6) is 0 Å². The summed E-state index contributed by atoms with van der Waals surface area (Å²) in [6.45, 7) is 3.41. The first-order valence-electron chi connectivity index (χ1n) is 13.6. The van der Waals surface area contributed by atoms with E-state index in [1.54, 1.807) is 0 Å². The van der Waals surface area contributed by atoms with Gasteiger partial charge in [0.2, 0.25) is 0 Å². The van der Waals surface area contributed by atoms with E-state index in [1.165, 1.54) is 64.2 Å². The molecule has 1 rings (SSSR count). The summed E-state index contributed by atoms with van der Waals surface area (Å²) >= 11 is 0. The number of ether oxygens (including phenoxy) is 1. The van der Waals surface area contributed by atoms with Gasteiger partial charge in [-0.25, -0.2) is 0 Å². The van der Waals surface area contributed by atoms with Crippen molar-refractivity contribution in [3.05, 3.63) is 0 Å². The van der Waals surface area contributed by atoms with Crippen LogP contribution >= 0.6 is 0 Å². The number of hydrogen-bond acceptors (Lipinski definition) is 4. The van der Waals surface area contributed by atoms with Crippen molar-refractivity contribution in [2.75, 3.05) is 19.8 Å². The van der Waals surface area contributed by atoms with Crippen molar-refractivity contribution in [2.45, 2.75) is 129 Å². The van der Waals surface area contributed by atoms with E-state index in [-0.39, 0.29) is 19.2 Å². The molecule has 0 aromatic carbocycles. The van der Waals surface area contributed by atoms with Crippen LogP contribution in [0, 0.1) is 17.8 Å². The van der Waals surface area contributed by atoms with Gasteiger partial charge >= 0.3 is 5.97 Å². The maximum absolute atomic E-state index is 11.9. The van der Waals surface area contributed by atoms with Crippen LogP contribution in [0.25, 0.3) is 0 Å². The molecule has 2 unspecified atom stereocenters. The van der Waals surface area contributed by atoms with Crippen LogP contribution in [0.3, 0.4) is 0 Å². The number of aliphatic hydroxyl groups is 2. The van der Waals surface area contributed by atoms with Crippen molar-refractivity contribution in [2.24, 2.45) is 17.8 Å². The lowest BCUT2D eigenvalue weighted by molar-refractivity contribution is -0.145. The first-order chi connectivity index (χ1) is 15.2. The van der Waals surface area contributed by atoms with Gasteiger partial charge in [0.05, 0.1) is 6.61 Å². The Morgan fingerprint density at radius 2 is 1.32 bits per heavy atom. The Kier molecular flexibility index (Phi) is 18.4. The lowest BCUT2D eigenvalue weighted by atomic mass is 9.90. The molecule has 184 valence electrons. The fourth-order valence-electron chi connectivity index (χ4n) is 4.85. The van der Waals surface area contributed by atoms with Crippen molar-refractivity contribution in [1.29, 1.82) is 0 Å². The van der Waals surface area contributed by atoms with Crippen molar-refractivity contribution in [3.63, 3.8) is 0 Å². The van der Waals surface area contributed by atoms with Gasteiger partial charge in [-0.05, 0) is 62.7 Å². The molecule has 0 amide bonds. The smallest absolute Gasteiger partial charge is 0.305 e. The van der Waals surface area contributed by atoms with Gasteiger partial charge in [0, 0.05) is 19.6 Å². The van der Waals surface area contributed by atoms with Crippen LogP contribution in [0.1, 0.15) is 129 Å². The molecule has 1 aliphatic carbocycles. The van der Waals surface area contributed by atoms with E-state index in [4.69, 9.17) is 4.74 Å². The van der Waals surface area contributed by atoms with E-state index in [0.29, 0.717) is 30.8 Å². The molecule has 0 aromatic heterocycles. The van der Waals surface area contributed by atoms with Gasteiger partial charge < -0.3 is 14.9 Å². The summed E-state index contributed by atoms with van der Waals surface area (Å²) in [7, 11) is 0. The maximum atomic E-state index is 11.9. The molecule has 0 radical (unpaired) electrons. The molecular weight excluding hydrogens is 388 g/mol. The predicted octanol–water partition coefficient (Wildman–Crippen LogP) is 6.81. The van der Waals surface area contributed by atoms with Crippen molar-refractivity contribution in [3.8, 4) is 0 Å². The molecular formula is C27H52O4. The molecule has 0 saturated heterocycles. The molecule has 1 fully saturated rings. The Bertz CT molecular complexity index is 406. The van der Waals surface area contributed by atoms with E-state index in [9.17, 15) is 15.0 Å². The molecule has 0 heterocycles. The van der Waals surface area contributed by atoms with Crippen LogP contribution in [-0.2, 0) is 9.53 Å². The Hall–Kier alpha value is -0.610. The standard InChI is InChI=1S/C27H52O4/c1-2-3-4-9-14-24(21-28)19-20-25(22-29)15-10-6-5-7-13-18-27(30)31-23-26-16-11-8-12-17-26/h24-26,28-29H,2-23H2,1H3. The molecule has 4 heteroatoms. The molecule has 0 spiro atoms. The van der Waals surface area contributed by atoms with Crippen LogP contribution in [0.2, 0.25) is 0 Å². The minimum Gasteiger partial charge on any atom is -0.465 e. The lowest BCUT2D eigenvalue weighted by Gasteiger charge is -2.21. The SMILES string of the molecule is CCCCCCC(CO)CCC(CO)CCCCCCCC(=O)OCC1CCCCC1. The predicted molar refractivity (Wildman–Crippen MR) is 129 cm³/mol. The van der Waals surface area contributed by atoms with Crippen LogP contribution in [-0.4, -0.2) is 36.0 Å². The van der Waals surface area contributed by atoms with Gasteiger partial charge in [-0.15, -0.1) is 0 Å². The third kappa shape index (κ3) is 15.8. The molecule has 1 saturated carbocycles. The van der Waals surface area contributed by atoms with Gasteiger partial charge in [0.1, 0.15) is 0 Å². The van der Waals surface area contributed by atoms with Crippen molar-refractivity contribution in [1.82, 2.24) is 0 Å². The van der Waals surface area contributed by atoms with E-state index in [0.717, 1.165) is 51.4 Å².